The molecular weight excluding hydrogens is 178 g/mol. The van der Waals surface area contributed by atoms with E-state index in [-0.39, 0.29) is 6.10 Å². The van der Waals surface area contributed by atoms with Crippen LogP contribution in [0.15, 0.2) is 0 Å². The molecule has 0 aromatic rings. The first kappa shape index (κ1) is 9.13. The lowest BCUT2D eigenvalue weighted by Crippen LogP contribution is -2.45. The molecule has 0 radical (unpaired) electrons. The van der Waals surface area contributed by atoms with E-state index in [1.165, 1.54) is 32.2 Å². The van der Waals surface area contributed by atoms with Gasteiger partial charge in [-0.1, -0.05) is 6.42 Å². The molecule has 3 aliphatic rings. The van der Waals surface area contributed by atoms with Crippen LogP contribution in [0.1, 0.15) is 25.7 Å². The summed E-state index contributed by atoms with van der Waals surface area (Å²) in [7, 11) is 0. The summed E-state index contributed by atoms with van der Waals surface area (Å²) in [5.41, 5.74) is 0. The lowest BCUT2D eigenvalue weighted by molar-refractivity contribution is 0.0719. The molecule has 0 bridgehead atoms. The summed E-state index contributed by atoms with van der Waals surface area (Å²) in [6.45, 7) is 2.46. The highest BCUT2D eigenvalue weighted by atomic mass is 16.5. The molecule has 1 N–H and O–H groups in total. The van der Waals surface area contributed by atoms with Crippen molar-refractivity contribution >= 4 is 0 Å². The molecule has 0 aromatic carbocycles. The molecular formula is C11H19NO2. The van der Waals surface area contributed by atoms with E-state index < -0.39 is 0 Å². The fourth-order valence-corrected chi connectivity index (χ4v) is 3.53. The number of aliphatic hydroxyl groups is 1. The maximum atomic E-state index is 9.80. The number of ether oxygens (including phenoxy) is 1. The van der Waals surface area contributed by atoms with Gasteiger partial charge in [0.2, 0.25) is 0 Å². The van der Waals surface area contributed by atoms with Gasteiger partial charge in [0.25, 0.3) is 0 Å². The van der Waals surface area contributed by atoms with Gasteiger partial charge in [-0.15, -0.1) is 0 Å². The molecule has 4 atom stereocenters. The second-order valence-corrected chi connectivity index (χ2v) is 4.96. The SMILES string of the molecule is O[C@@H]1COC[C@H]1N1CCC2CCCC21. The zero-order valence-corrected chi connectivity index (χ0v) is 8.56. The number of nitrogens with zero attached hydrogens (tertiary/aromatic N) is 1. The Labute approximate surface area is 85.0 Å². The predicted octanol–water partition coefficient (Wildman–Crippen LogP) is 0.620. The van der Waals surface area contributed by atoms with Crippen LogP contribution in [0.25, 0.3) is 0 Å². The van der Waals surface area contributed by atoms with Crippen molar-refractivity contribution in [2.45, 2.75) is 43.9 Å². The number of likely N-dealkylation sites (tertiary alicyclic amines) is 1. The Morgan fingerprint density at radius 2 is 2.00 bits per heavy atom. The molecule has 3 rings (SSSR count). The van der Waals surface area contributed by atoms with E-state index in [1.54, 1.807) is 0 Å². The molecule has 14 heavy (non-hydrogen) atoms. The molecule has 2 heterocycles. The average Bonchev–Trinajstić information content (AvgIpc) is 2.78. The first-order valence-corrected chi connectivity index (χ1v) is 5.88. The quantitative estimate of drug-likeness (QED) is 0.669. The number of fused-ring (bicyclic) bond motifs is 1. The Balaban J connectivity index is 1.72. The lowest BCUT2D eigenvalue weighted by atomic mass is 10.0. The maximum Gasteiger partial charge on any atom is 0.0950 e. The zero-order chi connectivity index (χ0) is 9.54. The molecule has 3 fully saturated rings. The summed E-state index contributed by atoms with van der Waals surface area (Å²) in [4.78, 5) is 2.52. The molecule has 0 aromatic heterocycles. The molecule has 3 nitrogen and oxygen atoms in total. The molecule has 80 valence electrons. The smallest absolute Gasteiger partial charge is 0.0950 e. The van der Waals surface area contributed by atoms with Gasteiger partial charge >= 0.3 is 0 Å². The fourth-order valence-electron chi connectivity index (χ4n) is 3.53. The summed E-state index contributed by atoms with van der Waals surface area (Å²) in [6, 6.07) is 1.06. The first-order chi connectivity index (χ1) is 6.86. The Morgan fingerprint density at radius 3 is 2.79 bits per heavy atom. The van der Waals surface area contributed by atoms with Crippen LogP contribution in [-0.4, -0.2) is 48.0 Å². The minimum atomic E-state index is -0.241. The van der Waals surface area contributed by atoms with Gasteiger partial charge in [-0.2, -0.15) is 0 Å². The molecule has 2 unspecified atom stereocenters. The van der Waals surface area contributed by atoms with E-state index >= 15 is 0 Å². The van der Waals surface area contributed by atoms with Crippen molar-refractivity contribution in [3.8, 4) is 0 Å². The molecule has 1 saturated carbocycles. The van der Waals surface area contributed by atoms with E-state index in [1.807, 2.05) is 0 Å². The van der Waals surface area contributed by atoms with Crippen LogP contribution in [0.4, 0.5) is 0 Å². The second kappa shape index (κ2) is 3.47. The van der Waals surface area contributed by atoms with E-state index in [9.17, 15) is 5.11 Å². The van der Waals surface area contributed by atoms with Crippen LogP contribution in [0.3, 0.4) is 0 Å². The largest absolute Gasteiger partial charge is 0.389 e. The van der Waals surface area contributed by atoms with E-state index in [0.29, 0.717) is 12.6 Å². The van der Waals surface area contributed by atoms with Crippen molar-refractivity contribution in [3.05, 3.63) is 0 Å². The van der Waals surface area contributed by atoms with Gasteiger partial charge in [-0.05, 0) is 31.7 Å². The molecule has 0 spiro atoms. The van der Waals surface area contributed by atoms with Crippen LogP contribution in [0, 0.1) is 5.92 Å². The molecule has 2 saturated heterocycles. The fraction of sp³-hybridized carbons (Fsp3) is 1.00. The Bertz CT molecular complexity index is 221. The number of aliphatic hydroxyl groups excluding tert-OH is 1. The highest BCUT2D eigenvalue weighted by Crippen LogP contribution is 2.39. The monoisotopic (exact) mass is 197 g/mol. The van der Waals surface area contributed by atoms with Crippen molar-refractivity contribution < 1.29 is 9.84 Å². The van der Waals surface area contributed by atoms with Crippen LogP contribution >= 0.6 is 0 Å². The topological polar surface area (TPSA) is 32.7 Å². The van der Waals surface area contributed by atoms with Crippen molar-refractivity contribution in [2.75, 3.05) is 19.8 Å². The average molecular weight is 197 g/mol. The minimum absolute atomic E-state index is 0.241. The predicted molar refractivity (Wildman–Crippen MR) is 53.1 cm³/mol. The van der Waals surface area contributed by atoms with Crippen molar-refractivity contribution in [1.82, 2.24) is 4.90 Å². The first-order valence-electron chi connectivity index (χ1n) is 5.88. The van der Waals surface area contributed by atoms with Gasteiger partial charge in [0.1, 0.15) is 0 Å². The van der Waals surface area contributed by atoms with Gasteiger partial charge in [-0.3, -0.25) is 4.90 Å². The molecule has 1 aliphatic carbocycles. The van der Waals surface area contributed by atoms with E-state index in [0.717, 1.165) is 18.6 Å². The summed E-state index contributed by atoms with van der Waals surface area (Å²) in [5.74, 6) is 0.919. The van der Waals surface area contributed by atoms with Gasteiger partial charge < -0.3 is 9.84 Å². The van der Waals surface area contributed by atoms with Gasteiger partial charge in [0.05, 0.1) is 25.4 Å². The van der Waals surface area contributed by atoms with Crippen molar-refractivity contribution in [2.24, 2.45) is 5.92 Å². The summed E-state index contributed by atoms with van der Waals surface area (Å²) in [6.07, 6.45) is 5.23. The number of hydrogen-bond donors (Lipinski definition) is 1. The molecule has 2 aliphatic heterocycles. The molecule has 0 amide bonds. The van der Waals surface area contributed by atoms with Gasteiger partial charge in [0, 0.05) is 6.04 Å². The highest BCUT2D eigenvalue weighted by molar-refractivity contribution is 4.97. The Kier molecular flexibility index (Phi) is 2.26. The van der Waals surface area contributed by atoms with Gasteiger partial charge in [-0.25, -0.2) is 0 Å². The zero-order valence-electron chi connectivity index (χ0n) is 8.56. The normalized spacial score (nSPS) is 48.6. The third kappa shape index (κ3) is 1.30. The third-order valence-corrected chi connectivity index (χ3v) is 4.25. The highest BCUT2D eigenvalue weighted by Gasteiger charge is 2.43. The van der Waals surface area contributed by atoms with E-state index in [4.69, 9.17) is 4.74 Å². The number of hydrogen-bond acceptors (Lipinski definition) is 3. The summed E-state index contributed by atoms with van der Waals surface area (Å²) >= 11 is 0. The number of rotatable bonds is 1. The van der Waals surface area contributed by atoms with Crippen LogP contribution < -0.4 is 0 Å². The van der Waals surface area contributed by atoms with Gasteiger partial charge in [0.15, 0.2) is 0 Å². The van der Waals surface area contributed by atoms with Crippen molar-refractivity contribution in [3.63, 3.8) is 0 Å². The van der Waals surface area contributed by atoms with Crippen molar-refractivity contribution in [1.29, 1.82) is 0 Å². The third-order valence-electron chi connectivity index (χ3n) is 4.25. The minimum Gasteiger partial charge on any atom is -0.389 e. The summed E-state index contributed by atoms with van der Waals surface area (Å²) < 4.78 is 5.34. The van der Waals surface area contributed by atoms with Crippen LogP contribution in [0.2, 0.25) is 0 Å². The summed E-state index contributed by atoms with van der Waals surface area (Å²) in [5, 5.41) is 9.80. The second-order valence-electron chi connectivity index (χ2n) is 4.96. The molecule has 3 heteroatoms. The standard InChI is InChI=1S/C11H19NO2/c13-11-7-14-6-10(11)12-5-4-8-2-1-3-9(8)12/h8-11,13H,1-7H2/t8?,9?,10-,11-/m1/s1. The lowest BCUT2D eigenvalue weighted by Gasteiger charge is -2.30. The van der Waals surface area contributed by atoms with Crippen LogP contribution in [-0.2, 0) is 4.74 Å². The Morgan fingerprint density at radius 1 is 1.07 bits per heavy atom. The Hall–Kier alpha value is -0.120. The van der Waals surface area contributed by atoms with Crippen LogP contribution in [0.5, 0.6) is 0 Å². The van der Waals surface area contributed by atoms with E-state index in [2.05, 4.69) is 4.90 Å². The maximum absolute atomic E-state index is 9.80.